The van der Waals surface area contributed by atoms with Gasteiger partial charge in [0.05, 0.1) is 31.4 Å². The van der Waals surface area contributed by atoms with Crippen LogP contribution in [0, 0.1) is 5.41 Å². The van der Waals surface area contributed by atoms with E-state index in [0.717, 1.165) is 57.9 Å². The highest BCUT2D eigenvalue weighted by molar-refractivity contribution is 5.97. The quantitative estimate of drug-likeness (QED) is 0.688. The fourth-order valence-corrected chi connectivity index (χ4v) is 6.08. The summed E-state index contributed by atoms with van der Waals surface area (Å²) in [5.41, 5.74) is 4.87. The highest BCUT2D eigenvalue weighted by atomic mass is 16.5. The van der Waals surface area contributed by atoms with Crippen molar-refractivity contribution in [1.82, 2.24) is 14.7 Å². The number of fused-ring (bicyclic) bond motifs is 2. The molecule has 1 N–H and O–H groups in total. The van der Waals surface area contributed by atoms with Gasteiger partial charge in [-0.1, -0.05) is 30.3 Å². The molecular weight excluding hydrogens is 442 g/mol. The molecular formula is C28H35N3O4. The second kappa shape index (κ2) is 9.21. The molecule has 4 aliphatic rings. The number of carbonyl (C=O) groups is 1. The lowest BCUT2D eigenvalue weighted by Crippen LogP contribution is -2.65. The van der Waals surface area contributed by atoms with Crippen LogP contribution in [0.3, 0.4) is 0 Å². The van der Waals surface area contributed by atoms with Crippen molar-refractivity contribution < 1.29 is 19.4 Å². The predicted octanol–water partition coefficient (Wildman–Crippen LogP) is 2.16. The molecule has 0 saturated carbocycles. The number of hydrogen-bond acceptors (Lipinski definition) is 6. The highest BCUT2D eigenvalue weighted by Crippen LogP contribution is 2.38. The van der Waals surface area contributed by atoms with Crippen LogP contribution >= 0.6 is 0 Å². The third-order valence-corrected chi connectivity index (χ3v) is 7.82. The lowest BCUT2D eigenvalue weighted by molar-refractivity contribution is -0.191. The van der Waals surface area contributed by atoms with Crippen LogP contribution in [0.2, 0.25) is 0 Å². The zero-order valence-corrected chi connectivity index (χ0v) is 20.5. The lowest BCUT2D eigenvalue weighted by atomic mass is 9.78. The van der Waals surface area contributed by atoms with Gasteiger partial charge in [-0.05, 0) is 42.2 Å². The van der Waals surface area contributed by atoms with Gasteiger partial charge in [0.1, 0.15) is 11.9 Å². The van der Waals surface area contributed by atoms with Crippen LogP contribution in [0.4, 0.5) is 0 Å². The Morgan fingerprint density at radius 1 is 1.09 bits per heavy atom. The van der Waals surface area contributed by atoms with E-state index in [1.165, 1.54) is 11.1 Å². The Bertz CT molecular complexity index is 1090. The van der Waals surface area contributed by atoms with E-state index in [0.29, 0.717) is 36.4 Å². The van der Waals surface area contributed by atoms with Crippen molar-refractivity contribution in [2.45, 2.75) is 38.6 Å². The van der Waals surface area contributed by atoms with Crippen molar-refractivity contribution in [2.24, 2.45) is 5.41 Å². The predicted molar refractivity (Wildman–Crippen MR) is 132 cm³/mol. The molecule has 2 saturated heterocycles. The summed E-state index contributed by atoms with van der Waals surface area (Å²) in [6, 6.07) is 14.5. The fraction of sp³-hybridized carbons (Fsp3) is 0.536. The Morgan fingerprint density at radius 2 is 1.89 bits per heavy atom. The average molecular weight is 478 g/mol. The van der Waals surface area contributed by atoms with Crippen molar-refractivity contribution in [3.8, 4) is 5.75 Å². The SMILES string of the molecule is C[C@@H]1CN(CC(O)CN2CCc3ccccc3C2)C(=O)c2ccc(CN3CC4(COC4)C3)cc2O1. The summed E-state index contributed by atoms with van der Waals surface area (Å²) in [6.45, 7) is 9.89. The van der Waals surface area contributed by atoms with Gasteiger partial charge >= 0.3 is 0 Å². The van der Waals surface area contributed by atoms with E-state index in [1.807, 2.05) is 25.1 Å². The van der Waals surface area contributed by atoms with Crippen LogP contribution in [0.5, 0.6) is 5.75 Å². The minimum Gasteiger partial charge on any atom is -0.488 e. The van der Waals surface area contributed by atoms with Crippen molar-refractivity contribution in [3.63, 3.8) is 0 Å². The molecule has 35 heavy (non-hydrogen) atoms. The van der Waals surface area contributed by atoms with E-state index in [9.17, 15) is 9.90 Å². The summed E-state index contributed by atoms with van der Waals surface area (Å²) < 4.78 is 11.6. The van der Waals surface area contributed by atoms with E-state index >= 15 is 0 Å². The first-order valence-electron chi connectivity index (χ1n) is 12.8. The Balaban J connectivity index is 1.08. The van der Waals surface area contributed by atoms with Crippen molar-refractivity contribution in [1.29, 1.82) is 0 Å². The van der Waals surface area contributed by atoms with Crippen LogP contribution < -0.4 is 4.74 Å². The Morgan fingerprint density at radius 3 is 2.66 bits per heavy atom. The van der Waals surface area contributed by atoms with Gasteiger partial charge in [0.15, 0.2) is 0 Å². The number of hydrogen-bond donors (Lipinski definition) is 1. The maximum absolute atomic E-state index is 13.4. The second-order valence-corrected chi connectivity index (χ2v) is 11.0. The van der Waals surface area contributed by atoms with Crippen molar-refractivity contribution in [2.75, 3.05) is 52.5 Å². The van der Waals surface area contributed by atoms with Gasteiger partial charge in [-0.15, -0.1) is 0 Å². The number of aliphatic hydroxyl groups is 1. The minimum atomic E-state index is -0.605. The standard InChI is InChI=1S/C28H35N3O4/c1-20-11-31(15-24(32)14-29-9-8-22-4-2-3-5-23(22)13-29)27(33)25-7-6-21(10-26(25)35-20)12-30-16-28(17-30)18-34-19-28/h2-7,10,20,24,32H,8-9,11-19H2,1H3/t20-,24?/m1/s1. The Hall–Kier alpha value is -2.45. The molecule has 2 fully saturated rings. The third-order valence-electron chi connectivity index (χ3n) is 7.82. The van der Waals surface area contributed by atoms with Gasteiger partial charge in [-0.25, -0.2) is 0 Å². The minimum absolute atomic E-state index is 0.0616. The van der Waals surface area contributed by atoms with Gasteiger partial charge in [-0.2, -0.15) is 0 Å². The summed E-state index contributed by atoms with van der Waals surface area (Å²) in [5.74, 6) is 0.598. The van der Waals surface area contributed by atoms with Crippen LogP contribution in [-0.2, 0) is 24.2 Å². The molecule has 7 nitrogen and oxygen atoms in total. The van der Waals surface area contributed by atoms with Gasteiger partial charge < -0.3 is 19.5 Å². The molecule has 1 amide bonds. The summed E-state index contributed by atoms with van der Waals surface area (Å²) in [4.78, 5) is 19.9. The van der Waals surface area contributed by atoms with Crippen LogP contribution in [0.1, 0.15) is 34.0 Å². The lowest BCUT2D eigenvalue weighted by Gasteiger charge is -2.55. The van der Waals surface area contributed by atoms with Gasteiger partial charge in [-0.3, -0.25) is 14.6 Å². The third kappa shape index (κ3) is 4.70. The van der Waals surface area contributed by atoms with Crippen LogP contribution in [-0.4, -0.2) is 90.4 Å². The molecule has 0 aliphatic carbocycles. The molecule has 7 heteroatoms. The molecule has 0 aromatic heterocycles. The average Bonchev–Trinajstić information content (AvgIpc) is 2.90. The number of nitrogens with zero attached hydrogens (tertiary/aromatic N) is 3. The number of benzene rings is 2. The Labute approximate surface area is 207 Å². The van der Waals surface area contributed by atoms with Crippen molar-refractivity contribution >= 4 is 5.91 Å². The summed E-state index contributed by atoms with van der Waals surface area (Å²) in [5, 5.41) is 10.9. The summed E-state index contributed by atoms with van der Waals surface area (Å²) in [7, 11) is 0. The number of rotatable bonds is 6. The first-order chi connectivity index (χ1) is 17.0. The van der Waals surface area contributed by atoms with Crippen molar-refractivity contribution in [3.05, 3.63) is 64.7 Å². The topological polar surface area (TPSA) is 65.5 Å². The second-order valence-electron chi connectivity index (χ2n) is 11.0. The molecule has 2 aromatic carbocycles. The zero-order valence-electron chi connectivity index (χ0n) is 20.5. The molecule has 6 rings (SSSR count). The molecule has 4 aliphatic heterocycles. The number of ether oxygens (including phenoxy) is 2. The maximum atomic E-state index is 13.4. The molecule has 2 aromatic rings. The van der Waals surface area contributed by atoms with Gasteiger partial charge in [0.25, 0.3) is 5.91 Å². The zero-order chi connectivity index (χ0) is 24.0. The highest BCUT2D eigenvalue weighted by Gasteiger charge is 2.48. The molecule has 1 spiro atoms. The molecule has 1 unspecified atom stereocenters. The molecule has 0 radical (unpaired) electrons. The summed E-state index contributed by atoms with van der Waals surface area (Å²) >= 11 is 0. The van der Waals surface area contributed by atoms with Gasteiger partial charge in [0.2, 0.25) is 0 Å². The number of aliphatic hydroxyl groups excluding tert-OH is 1. The van der Waals surface area contributed by atoms with E-state index < -0.39 is 6.10 Å². The van der Waals surface area contributed by atoms with E-state index in [-0.39, 0.29) is 12.0 Å². The number of amides is 1. The largest absolute Gasteiger partial charge is 0.488 e. The number of β-amino-alcohol motifs (C(OH)–C–C–N with tert-alkyl or cyclic N) is 1. The molecule has 2 atom stereocenters. The van der Waals surface area contributed by atoms with Crippen LogP contribution in [0.25, 0.3) is 0 Å². The van der Waals surface area contributed by atoms with E-state index in [2.05, 4.69) is 34.1 Å². The van der Waals surface area contributed by atoms with Crippen LogP contribution in [0.15, 0.2) is 42.5 Å². The number of likely N-dealkylation sites (tertiary alicyclic amines) is 1. The smallest absolute Gasteiger partial charge is 0.257 e. The molecule has 186 valence electrons. The Kier molecular flexibility index (Phi) is 6.05. The molecule has 0 bridgehead atoms. The van der Waals surface area contributed by atoms with E-state index in [4.69, 9.17) is 9.47 Å². The normalized spacial score (nSPS) is 24.6. The maximum Gasteiger partial charge on any atom is 0.257 e. The number of carbonyl (C=O) groups excluding carboxylic acids is 1. The fourth-order valence-electron chi connectivity index (χ4n) is 6.08. The monoisotopic (exact) mass is 477 g/mol. The van der Waals surface area contributed by atoms with Gasteiger partial charge in [0, 0.05) is 51.2 Å². The molecule has 4 heterocycles. The van der Waals surface area contributed by atoms with E-state index in [1.54, 1.807) is 4.90 Å². The first-order valence-corrected chi connectivity index (χ1v) is 12.8. The summed E-state index contributed by atoms with van der Waals surface area (Å²) in [6.07, 6.45) is 0.258. The first kappa shape index (κ1) is 23.0.